The molecule has 2 rings (SSSR count). The monoisotopic (exact) mass is 361 g/mol. The molecule has 0 spiro atoms. The predicted octanol–water partition coefficient (Wildman–Crippen LogP) is 2.53. The van der Waals surface area contributed by atoms with Crippen LogP contribution in [-0.4, -0.2) is 45.2 Å². The second-order valence-corrected chi connectivity index (χ2v) is 7.87. The SMILES string of the molecule is COC(=O)CN(CCCS(=O)(=O)c1ccccc1)Cc1ccccc1. The van der Waals surface area contributed by atoms with Crippen LogP contribution in [0.3, 0.4) is 0 Å². The summed E-state index contributed by atoms with van der Waals surface area (Å²) in [5.41, 5.74) is 1.07. The Labute approximate surface area is 149 Å². The number of carbonyl (C=O) groups is 1. The van der Waals surface area contributed by atoms with Gasteiger partial charge >= 0.3 is 5.97 Å². The number of rotatable bonds is 9. The summed E-state index contributed by atoms with van der Waals surface area (Å²) in [6.45, 7) is 1.20. The van der Waals surface area contributed by atoms with Gasteiger partial charge in [0.05, 0.1) is 24.3 Å². The lowest BCUT2D eigenvalue weighted by Crippen LogP contribution is -2.32. The maximum Gasteiger partial charge on any atom is 0.319 e. The van der Waals surface area contributed by atoms with Crippen LogP contribution in [0.5, 0.6) is 0 Å². The zero-order chi connectivity index (χ0) is 18.1. The molecule has 25 heavy (non-hydrogen) atoms. The molecule has 2 aromatic rings. The molecule has 0 amide bonds. The van der Waals surface area contributed by atoms with Crippen molar-refractivity contribution in [3.8, 4) is 0 Å². The molecule has 0 saturated heterocycles. The Bertz CT molecular complexity index is 761. The van der Waals surface area contributed by atoms with Crippen molar-refractivity contribution in [1.82, 2.24) is 4.90 Å². The number of benzene rings is 2. The third kappa shape index (κ3) is 6.32. The minimum Gasteiger partial charge on any atom is -0.468 e. The maximum absolute atomic E-state index is 12.3. The minimum atomic E-state index is -3.31. The quantitative estimate of drug-likeness (QED) is 0.642. The summed E-state index contributed by atoms with van der Waals surface area (Å²) < 4.78 is 29.4. The van der Waals surface area contributed by atoms with Crippen LogP contribution in [0, 0.1) is 0 Å². The number of methoxy groups -OCH3 is 1. The van der Waals surface area contributed by atoms with Crippen molar-refractivity contribution < 1.29 is 17.9 Å². The van der Waals surface area contributed by atoms with Crippen molar-refractivity contribution in [3.05, 3.63) is 66.2 Å². The smallest absolute Gasteiger partial charge is 0.319 e. The number of ether oxygens (including phenoxy) is 1. The van der Waals surface area contributed by atoms with E-state index in [9.17, 15) is 13.2 Å². The summed E-state index contributed by atoms with van der Waals surface area (Å²) in [5, 5.41) is 0. The van der Waals surface area contributed by atoms with Crippen LogP contribution in [0.4, 0.5) is 0 Å². The van der Waals surface area contributed by atoms with Crippen molar-refractivity contribution in [3.63, 3.8) is 0 Å². The maximum atomic E-state index is 12.3. The normalized spacial score (nSPS) is 11.4. The fourth-order valence-electron chi connectivity index (χ4n) is 2.53. The Hall–Kier alpha value is -2.18. The molecule has 0 radical (unpaired) electrons. The summed E-state index contributed by atoms with van der Waals surface area (Å²) in [6.07, 6.45) is 0.445. The predicted molar refractivity (Wildman–Crippen MR) is 96.8 cm³/mol. The first-order chi connectivity index (χ1) is 12.0. The average molecular weight is 361 g/mol. The summed E-state index contributed by atoms with van der Waals surface area (Å²) in [4.78, 5) is 13.8. The van der Waals surface area contributed by atoms with Crippen LogP contribution in [0.2, 0.25) is 0 Å². The van der Waals surface area contributed by atoms with Gasteiger partial charge in [0.25, 0.3) is 0 Å². The lowest BCUT2D eigenvalue weighted by molar-refractivity contribution is -0.142. The van der Waals surface area contributed by atoms with Crippen LogP contribution in [0.25, 0.3) is 0 Å². The molecular formula is C19H23NO4S. The lowest BCUT2D eigenvalue weighted by atomic mass is 10.2. The largest absolute Gasteiger partial charge is 0.468 e. The summed E-state index contributed by atoms with van der Waals surface area (Å²) in [7, 11) is -1.96. The van der Waals surface area contributed by atoms with Crippen molar-refractivity contribution in [1.29, 1.82) is 0 Å². The third-order valence-electron chi connectivity index (χ3n) is 3.82. The first-order valence-electron chi connectivity index (χ1n) is 8.12. The van der Waals surface area contributed by atoms with Gasteiger partial charge in [0.15, 0.2) is 9.84 Å². The van der Waals surface area contributed by atoms with E-state index < -0.39 is 9.84 Å². The highest BCUT2D eigenvalue weighted by atomic mass is 32.2. The Morgan fingerprint density at radius 2 is 1.60 bits per heavy atom. The number of nitrogens with zero attached hydrogens (tertiary/aromatic N) is 1. The highest BCUT2D eigenvalue weighted by molar-refractivity contribution is 7.91. The fourth-order valence-corrected chi connectivity index (χ4v) is 3.84. The third-order valence-corrected chi connectivity index (χ3v) is 5.64. The molecule has 0 saturated carbocycles. The van der Waals surface area contributed by atoms with Gasteiger partial charge < -0.3 is 4.74 Å². The first-order valence-corrected chi connectivity index (χ1v) is 9.77. The van der Waals surface area contributed by atoms with Gasteiger partial charge in [-0.2, -0.15) is 0 Å². The molecule has 134 valence electrons. The lowest BCUT2D eigenvalue weighted by Gasteiger charge is -2.21. The van der Waals surface area contributed by atoms with Crippen LogP contribution in [-0.2, 0) is 25.9 Å². The molecule has 0 atom stereocenters. The number of sulfone groups is 1. The van der Waals surface area contributed by atoms with Gasteiger partial charge in [0.2, 0.25) is 0 Å². The van der Waals surface area contributed by atoms with E-state index in [1.165, 1.54) is 7.11 Å². The summed E-state index contributed by atoms with van der Waals surface area (Å²) in [5.74, 6) is -0.287. The number of hydrogen-bond acceptors (Lipinski definition) is 5. The van der Waals surface area contributed by atoms with E-state index in [1.807, 2.05) is 35.2 Å². The molecular weight excluding hydrogens is 338 g/mol. The van der Waals surface area contributed by atoms with E-state index in [2.05, 4.69) is 0 Å². The zero-order valence-corrected chi connectivity index (χ0v) is 15.1. The first kappa shape index (κ1) is 19.1. The van der Waals surface area contributed by atoms with E-state index in [1.54, 1.807) is 30.3 Å². The van der Waals surface area contributed by atoms with E-state index in [-0.39, 0.29) is 18.3 Å². The molecule has 0 fully saturated rings. The zero-order valence-electron chi connectivity index (χ0n) is 14.3. The molecule has 0 unspecified atom stereocenters. The molecule has 0 aliphatic carbocycles. The van der Waals surface area contributed by atoms with Gasteiger partial charge in [-0.05, 0) is 24.1 Å². The van der Waals surface area contributed by atoms with E-state index in [0.29, 0.717) is 24.4 Å². The van der Waals surface area contributed by atoms with E-state index in [4.69, 9.17) is 4.74 Å². The van der Waals surface area contributed by atoms with Gasteiger partial charge in [-0.15, -0.1) is 0 Å². The molecule has 0 aliphatic heterocycles. The second-order valence-electron chi connectivity index (χ2n) is 5.76. The molecule has 2 aromatic carbocycles. The second kappa shape index (κ2) is 9.34. The van der Waals surface area contributed by atoms with Crippen LogP contribution in [0.1, 0.15) is 12.0 Å². The number of hydrogen-bond donors (Lipinski definition) is 0. The molecule has 0 bridgehead atoms. The Morgan fingerprint density at radius 3 is 2.20 bits per heavy atom. The van der Waals surface area contributed by atoms with Crippen molar-refractivity contribution in [2.24, 2.45) is 0 Å². The van der Waals surface area contributed by atoms with E-state index >= 15 is 0 Å². The standard InChI is InChI=1S/C19H23NO4S/c1-24-19(21)16-20(15-17-9-4-2-5-10-17)13-8-14-25(22,23)18-11-6-3-7-12-18/h2-7,9-12H,8,13-16H2,1H3. The Morgan fingerprint density at radius 1 is 1.00 bits per heavy atom. The fraction of sp³-hybridized carbons (Fsp3) is 0.316. The van der Waals surface area contributed by atoms with Gasteiger partial charge in [-0.25, -0.2) is 8.42 Å². The summed E-state index contributed by atoms with van der Waals surface area (Å²) in [6, 6.07) is 18.2. The topological polar surface area (TPSA) is 63.7 Å². The van der Waals surface area contributed by atoms with Gasteiger partial charge in [-0.1, -0.05) is 48.5 Å². The average Bonchev–Trinajstić information content (AvgIpc) is 2.63. The number of esters is 1. The van der Waals surface area contributed by atoms with Gasteiger partial charge in [0.1, 0.15) is 0 Å². The van der Waals surface area contributed by atoms with Crippen LogP contribution in [0.15, 0.2) is 65.6 Å². The van der Waals surface area contributed by atoms with Crippen LogP contribution >= 0.6 is 0 Å². The van der Waals surface area contributed by atoms with Gasteiger partial charge in [-0.3, -0.25) is 9.69 Å². The minimum absolute atomic E-state index is 0.0451. The summed E-state index contributed by atoms with van der Waals surface area (Å²) >= 11 is 0. The van der Waals surface area contributed by atoms with Crippen LogP contribution < -0.4 is 0 Å². The molecule has 6 heteroatoms. The molecule has 0 N–H and O–H groups in total. The van der Waals surface area contributed by atoms with E-state index in [0.717, 1.165) is 5.56 Å². The van der Waals surface area contributed by atoms with Gasteiger partial charge in [0, 0.05) is 13.1 Å². The highest BCUT2D eigenvalue weighted by Crippen LogP contribution is 2.12. The Kier molecular flexibility index (Phi) is 7.16. The number of carbonyl (C=O) groups excluding carboxylic acids is 1. The molecule has 0 aromatic heterocycles. The van der Waals surface area contributed by atoms with Crippen molar-refractivity contribution >= 4 is 15.8 Å². The molecule has 0 aliphatic rings. The van der Waals surface area contributed by atoms with Crippen molar-refractivity contribution in [2.45, 2.75) is 17.9 Å². The Balaban J connectivity index is 1.96. The van der Waals surface area contributed by atoms with Crippen molar-refractivity contribution in [2.75, 3.05) is 26.0 Å². The molecule has 5 nitrogen and oxygen atoms in total. The molecule has 0 heterocycles. The highest BCUT2D eigenvalue weighted by Gasteiger charge is 2.16.